The second kappa shape index (κ2) is 7.11. The first-order valence-electron chi connectivity index (χ1n) is 7.45. The van der Waals surface area contributed by atoms with E-state index in [1.54, 1.807) is 0 Å². The molecule has 0 heterocycles. The molecule has 5 heteroatoms. The summed E-state index contributed by atoms with van der Waals surface area (Å²) in [6.45, 7) is 4.30. The van der Waals surface area contributed by atoms with Gasteiger partial charge in [0.25, 0.3) is 0 Å². The Bertz CT molecular complexity index is 484. The van der Waals surface area contributed by atoms with Crippen LogP contribution in [-0.2, 0) is 11.3 Å². The van der Waals surface area contributed by atoms with Gasteiger partial charge in [0.15, 0.2) is 0 Å². The van der Waals surface area contributed by atoms with Crippen molar-refractivity contribution >= 4 is 11.9 Å². The van der Waals surface area contributed by atoms with Crippen LogP contribution in [0.2, 0.25) is 0 Å². The normalized spacial score (nSPS) is 15.4. The fraction of sp³-hybridized carbons (Fsp3) is 0.500. The van der Waals surface area contributed by atoms with Gasteiger partial charge in [-0.25, -0.2) is 4.79 Å². The van der Waals surface area contributed by atoms with Crippen molar-refractivity contribution in [3.8, 4) is 0 Å². The van der Waals surface area contributed by atoms with Crippen molar-refractivity contribution in [3.05, 3.63) is 35.9 Å². The summed E-state index contributed by atoms with van der Waals surface area (Å²) in [4.78, 5) is 24.0. The predicted molar refractivity (Wildman–Crippen MR) is 81.6 cm³/mol. The lowest BCUT2D eigenvalue weighted by atomic mass is 10.0. The molecule has 0 bridgehead atoms. The molecule has 1 aliphatic carbocycles. The van der Waals surface area contributed by atoms with E-state index in [0.717, 1.165) is 18.4 Å². The van der Waals surface area contributed by atoms with Crippen LogP contribution in [0.4, 0.5) is 4.79 Å². The van der Waals surface area contributed by atoms with E-state index < -0.39 is 6.04 Å². The van der Waals surface area contributed by atoms with Crippen molar-refractivity contribution in [1.82, 2.24) is 16.0 Å². The zero-order valence-electron chi connectivity index (χ0n) is 12.6. The third-order valence-corrected chi connectivity index (χ3v) is 3.46. The van der Waals surface area contributed by atoms with Gasteiger partial charge in [-0.3, -0.25) is 4.79 Å². The molecule has 1 atom stereocenters. The molecule has 0 spiro atoms. The quantitative estimate of drug-likeness (QED) is 0.747. The van der Waals surface area contributed by atoms with E-state index >= 15 is 0 Å². The van der Waals surface area contributed by atoms with Gasteiger partial charge in [0.1, 0.15) is 6.04 Å². The number of nitrogens with one attached hydrogen (secondary N) is 3. The average Bonchev–Trinajstić information content (AvgIpc) is 3.27. The average molecular weight is 289 g/mol. The largest absolute Gasteiger partial charge is 0.352 e. The highest BCUT2D eigenvalue weighted by atomic mass is 16.2. The fourth-order valence-corrected chi connectivity index (χ4v) is 2.02. The van der Waals surface area contributed by atoms with E-state index in [2.05, 4.69) is 16.0 Å². The molecule has 21 heavy (non-hydrogen) atoms. The lowest BCUT2D eigenvalue weighted by Gasteiger charge is -2.22. The van der Waals surface area contributed by atoms with Crippen LogP contribution in [0.15, 0.2) is 30.3 Å². The summed E-state index contributed by atoms with van der Waals surface area (Å²) in [6.07, 6.45) is 2.08. The van der Waals surface area contributed by atoms with Crippen LogP contribution in [0, 0.1) is 5.92 Å². The summed E-state index contributed by atoms with van der Waals surface area (Å²) in [5, 5.41) is 8.47. The molecular weight excluding hydrogens is 266 g/mol. The summed E-state index contributed by atoms with van der Waals surface area (Å²) in [5.74, 6) is -0.0476. The number of carbonyl (C=O) groups excluding carboxylic acids is 2. The SMILES string of the molecule is CC(C)[C@H](NC(=O)NCc1ccccc1)C(=O)NC1CC1. The molecule has 5 nitrogen and oxygen atoms in total. The molecule has 1 aromatic rings. The molecule has 0 unspecified atom stereocenters. The first-order valence-corrected chi connectivity index (χ1v) is 7.45. The van der Waals surface area contributed by atoms with E-state index in [4.69, 9.17) is 0 Å². The summed E-state index contributed by atoms with van der Waals surface area (Å²) >= 11 is 0. The number of urea groups is 1. The Labute approximate surface area is 125 Å². The molecule has 1 saturated carbocycles. The summed E-state index contributed by atoms with van der Waals surface area (Å²) in [6, 6.07) is 9.16. The van der Waals surface area contributed by atoms with Gasteiger partial charge < -0.3 is 16.0 Å². The lowest BCUT2D eigenvalue weighted by molar-refractivity contribution is -0.124. The van der Waals surface area contributed by atoms with Gasteiger partial charge in [0.2, 0.25) is 5.91 Å². The first kappa shape index (κ1) is 15.4. The number of carbonyl (C=O) groups is 2. The maximum absolute atomic E-state index is 12.1. The van der Waals surface area contributed by atoms with Gasteiger partial charge in [0.05, 0.1) is 0 Å². The second-order valence-corrected chi connectivity index (χ2v) is 5.82. The van der Waals surface area contributed by atoms with Crippen molar-refractivity contribution in [2.45, 2.75) is 45.3 Å². The van der Waals surface area contributed by atoms with Crippen molar-refractivity contribution in [1.29, 1.82) is 0 Å². The van der Waals surface area contributed by atoms with E-state index in [0.29, 0.717) is 12.6 Å². The van der Waals surface area contributed by atoms with E-state index in [1.807, 2.05) is 44.2 Å². The number of rotatable bonds is 6. The van der Waals surface area contributed by atoms with Crippen molar-refractivity contribution < 1.29 is 9.59 Å². The smallest absolute Gasteiger partial charge is 0.315 e. The number of hydrogen-bond acceptors (Lipinski definition) is 2. The molecule has 0 saturated heterocycles. The van der Waals surface area contributed by atoms with Gasteiger partial charge in [-0.15, -0.1) is 0 Å². The minimum absolute atomic E-state index is 0.0474. The van der Waals surface area contributed by atoms with Crippen molar-refractivity contribution in [3.63, 3.8) is 0 Å². The lowest BCUT2D eigenvalue weighted by Crippen LogP contribution is -2.52. The number of hydrogen-bond donors (Lipinski definition) is 3. The van der Waals surface area contributed by atoms with Crippen LogP contribution >= 0.6 is 0 Å². The number of amides is 3. The molecule has 0 radical (unpaired) electrons. The second-order valence-electron chi connectivity index (χ2n) is 5.82. The van der Waals surface area contributed by atoms with E-state index in [-0.39, 0.29) is 17.9 Å². The summed E-state index contributed by atoms with van der Waals surface area (Å²) < 4.78 is 0. The molecule has 0 aliphatic heterocycles. The van der Waals surface area contributed by atoms with Crippen molar-refractivity contribution in [2.24, 2.45) is 5.92 Å². The molecular formula is C16H23N3O2. The molecule has 1 aliphatic rings. The summed E-state index contributed by atoms with van der Waals surface area (Å²) in [7, 11) is 0. The van der Waals surface area contributed by atoms with E-state index in [9.17, 15) is 9.59 Å². The highest BCUT2D eigenvalue weighted by Gasteiger charge is 2.29. The van der Waals surface area contributed by atoms with Crippen LogP contribution < -0.4 is 16.0 Å². The molecule has 2 rings (SSSR count). The van der Waals surface area contributed by atoms with Crippen LogP contribution in [-0.4, -0.2) is 24.0 Å². The standard InChI is InChI=1S/C16H23N3O2/c1-11(2)14(15(20)18-13-8-9-13)19-16(21)17-10-12-6-4-3-5-7-12/h3-7,11,13-14H,8-10H2,1-2H3,(H,18,20)(H2,17,19,21)/t14-/m0/s1. The number of benzene rings is 1. The first-order chi connectivity index (χ1) is 10.1. The van der Waals surface area contributed by atoms with Crippen LogP contribution in [0.1, 0.15) is 32.3 Å². The Morgan fingerprint density at radius 1 is 1.19 bits per heavy atom. The Kier molecular flexibility index (Phi) is 5.20. The van der Waals surface area contributed by atoms with Gasteiger partial charge >= 0.3 is 6.03 Å². The molecule has 114 valence electrons. The third-order valence-electron chi connectivity index (χ3n) is 3.46. The van der Waals surface area contributed by atoms with Gasteiger partial charge in [-0.2, -0.15) is 0 Å². The topological polar surface area (TPSA) is 70.2 Å². The maximum Gasteiger partial charge on any atom is 0.315 e. The maximum atomic E-state index is 12.1. The molecule has 0 aromatic heterocycles. The Morgan fingerprint density at radius 2 is 1.86 bits per heavy atom. The van der Waals surface area contributed by atoms with Gasteiger partial charge in [0, 0.05) is 12.6 Å². The van der Waals surface area contributed by atoms with Crippen LogP contribution in [0.5, 0.6) is 0 Å². The molecule has 3 N–H and O–H groups in total. The summed E-state index contributed by atoms with van der Waals surface area (Å²) in [5.41, 5.74) is 1.02. The van der Waals surface area contributed by atoms with Crippen LogP contribution in [0.25, 0.3) is 0 Å². The fourth-order valence-electron chi connectivity index (χ4n) is 2.02. The molecule has 1 fully saturated rings. The minimum Gasteiger partial charge on any atom is -0.352 e. The van der Waals surface area contributed by atoms with Gasteiger partial charge in [-0.1, -0.05) is 44.2 Å². The van der Waals surface area contributed by atoms with Crippen LogP contribution in [0.3, 0.4) is 0 Å². The zero-order valence-corrected chi connectivity index (χ0v) is 12.6. The van der Waals surface area contributed by atoms with Crippen molar-refractivity contribution in [2.75, 3.05) is 0 Å². The van der Waals surface area contributed by atoms with E-state index in [1.165, 1.54) is 0 Å². The third kappa shape index (κ3) is 5.10. The predicted octanol–water partition coefficient (Wildman–Crippen LogP) is 1.79. The highest BCUT2D eigenvalue weighted by molar-refractivity contribution is 5.87. The Hall–Kier alpha value is -2.04. The monoisotopic (exact) mass is 289 g/mol. The Morgan fingerprint density at radius 3 is 2.43 bits per heavy atom. The van der Waals surface area contributed by atoms with Gasteiger partial charge in [-0.05, 0) is 24.3 Å². The molecule has 3 amide bonds. The zero-order chi connectivity index (χ0) is 15.2. The minimum atomic E-state index is -0.499. The Balaban J connectivity index is 1.81. The molecule has 1 aromatic carbocycles. The highest BCUT2D eigenvalue weighted by Crippen LogP contribution is 2.19.